The fourth-order valence-electron chi connectivity index (χ4n) is 10.8. The van der Waals surface area contributed by atoms with Crippen molar-refractivity contribution in [2.24, 2.45) is 4.99 Å². The molecule has 8 aromatic carbocycles. The van der Waals surface area contributed by atoms with Crippen molar-refractivity contribution < 1.29 is 77.2 Å². The highest BCUT2D eigenvalue weighted by Gasteiger charge is 2.31. The Morgan fingerprint density at radius 1 is 0.453 bits per heavy atom. The minimum absolute atomic E-state index is 0.0189. The molecule has 1 aliphatic carbocycles. The van der Waals surface area contributed by atoms with Crippen LogP contribution in [0.15, 0.2) is 144 Å². The lowest BCUT2D eigenvalue weighted by Crippen LogP contribution is -2.18. The van der Waals surface area contributed by atoms with Crippen LogP contribution in [-0.4, -0.2) is 75.1 Å². The lowest BCUT2D eigenvalue weighted by atomic mass is 9.93. The van der Waals surface area contributed by atoms with Crippen molar-refractivity contribution in [3.8, 4) is 33.9 Å². The number of carbonyl (C=O) groups is 2. The van der Waals surface area contributed by atoms with Gasteiger partial charge in [0.25, 0.3) is 40.3 Å². The van der Waals surface area contributed by atoms with Crippen LogP contribution in [-0.2, 0) is 40.3 Å². The summed E-state index contributed by atoms with van der Waals surface area (Å²) in [6, 6.07) is 26.0. The van der Waals surface area contributed by atoms with Gasteiger partial charge < -0.3 is 30.2 Å². The maximum Gasteiger partial charge on any atom is 0.339 e. The highest BCUT2D eigenvalue weighted by molar-refractivity contribution is 7.93. The SMILES string of the molecule is Cc1c(C)c(NS(=O)(=O)c2cc(C(=O)O)c(O)c3ccccc23)c(C)c(C)c1N=c1cc2oc3cc(Nc4c(C)c(C)c(NS(=O)(=O)c5cc(C(=O)O)c(O)c6ccccc56)c(C)c4C)ccc3c(-c3ccccc3S(=O)(=O)O)c-2cc1S(=O)(=O)O. The molecule has 86 heavy (non-hydrogen) atoms. The quantitative estimate of drug-likeness (QED) is 0.0361. The molecule has 0 aromatic heterocycles. The average Bonchev–Trinajstić information content (AvgIpc) is 0.786. The molecule has 10 rings (SSSR count). The lowest BCUT2D eigenvalue weighted by molar-refractivity contribution is 0.0682. The summed E-state index contributed by atoms with van der Waals surface area (Å²) in [6.07, 6.45) is 0. The molecular formula is C61H52N4O17S4. The van der Waals surface area contributed by atoms with Gasteiger partial charge in [0.2, 0.25) is 0 Å². The van der Waals surface area contributed by atoms with Crippen LogP contribution in [0, 0.1) is 55.4 Å². The third kappa shape index (κ3) is 10.3. The Morgan fingerprint density at radius 2 is 0.884 bits per heavy atom. The maximum atomic E-state index is 14.3. The van der Waals surface area contributed by atoms with Gasteiger partial charge in [-0.05, 0) is 136 Å². The number of carboxylic acids is 2. The Labute approximate surface area is 492 Å². The number of anilines is 4. The first kappa shape index (κ1) is 59.8. The van der Waals surface area contributed by atoms with E-state index in [2.05, 4.69) is 14.8 Å². The van der Waals surface area contributed by atoms with Gasteiger partial charge in [-0.1, -0.05) is 66.7 Å². The molecule has 0 unspecified atom stereocenters. The molecule has 9 N–H and O–H groups in total. The molecule has 8 aromatic rings. The molecule has 21 nitrogen and oxygen atoms in total. The van der Waals surface area contributed by atoms with E-state index >= 15 is 0 Å². The molecule has 25 heteroatoms. The van der Waals surface area contributed by atoms with Crippen molar-refractivity contribution in [3.05, 3.63) is 176 Å². The summed E-state index contributed by atoms with van der Waals surface area (Å²) in [5.41, 5.74) is 3.55. The zero-order valence-electron chi connectivity index (χ0n) is 46.7. The van der Waals surface area contributed by atoms with E-state index in [4.69, 9.17) is 9.41 Å². The summed E-state index contributed by atoms with van der Waals surface area (Å²) in [5, 5.41) is 44.6. The Morgan fingerprint density at radius 3 is 1.35 bits per heavy atom. The van der Waals surface area contributed by atoms with Gasteiger partial charge in [-0.2, -0.15) is 16.8 Å². The van der Waals surface area contributed by atoms with Crippen molar-refractivity contribution in [2.45, 2.75) is 75.0 Å². The van der Waals surface area contributed by atoms with Crippen LogP contribution in [0.1, 0.15) is 65.2 Å². The van der Waals surface area contributed by atoms with Crippen molar-refractivity contribution >= 4 is 113 Å². The summed E-state index contributed by atoms with van der Waals surface area (Å²) in [4.78, 5) is 27.0. The van der Waals surface area contributed by atoms with Crippen molar-refractivity contribution in [2.75, 3.05) is 14.8 Å². The van der Waals surface area contributed by atoms with Gasteiger partial charge in [0.1, 0.15) is 43.8 Å². The largest absolute Gasteiger partial charge is 0.506 e. The molecule has 0 atom stereocenters. The lowest BCUT2D eigenvalue weighted by Gasteiger charge is -2.23. The molecule has 1 aliphatic heterocycles. The first-order valence-corrected chi connectivity index (χ1v) is 31.7. The molecule has 2 aliphatic rings. The number of aromatic carboxylic acids is 2. The van der Waals surface area contributed by atoms with E-state index in [1.54, 1.807) is 79.7 Å². The Kier molecular flexibility index (Phi) is 14.8. The summed E-state index contributed by atoms with van der Waals surface area (Å²) in [7, 11) is -19.3. The minimum atomic E-state index is -5.21. The van der Waals surface area contributed by atoms with Crippen LogP contribution in [0.5, 0.6) is 11.5 Å². The Bertz CT molecular complexity index is 5140. The van der Waals surface area contributed by atoms with Crippen molar-refractivity contribution in [1.82, 2.24) is 0 Å². The van der Waals surface area contributed by atoms with Gasteiger partial charge in [0, 0.05) is 67.1 Å². The van der Waals surface area contributed by atoms with E-state index in [1.807, 2.05) is 0 Å². The Hall–Kier alpha value is -9.37. The summed E-state index contributed by atoms with van der Waals surface area (Å²) < 4.78 is 144. The second kappa shape index (κ2) is 21.3. The number of nitrogens with zero attached hydrogens (tertiary/aromatic N) is 1. The van der Waals surface area contributed by atoms with Crippen molar-refractivity contribution in [3.63, 3.8) is 0 Å². The molecular weight excluding hydrogens is 1190 g/mol. The highest BCUT2D eigenvalue weighted by atomic mass is 32.2. The maximum absolute atomic E-state index is 14.3. The number of phenols is 2. The number of aromatic hydroxyl groups is 2. The molecule has 0 bridgehead atoms. The molecule has 1 heterocycles. The van der Waals surface area contributed by atoms with Crippen LogP contribution in [0.2, 0.25) is 0 Å². The zero-order chi connectivity index (χ0) is 62.6. The number of fused-ring (bicyclic) bond motifs is 4. The van der Waals surface area contributed by atoms with E-state index in [0.717, 1.165) is 24.3 Å². The molecule has 0 saturated heterocycles. The predicted molar refractivity (Wildman–Crippen MR) is 324 cm³/mol. The second-order valence-electron chi connectivity index (χ2n) is 20.6. The number of benzene rings is 9. The summed E-state index contributed by atoms with van der Waals surface area (Å²) in [6.45, 7) is 13.2. The van der Waals surface area contributed by atoms with Gasteiger partial charge in [-0.15, -0.1) is 0 Å². The number of nitrogens with one attached hydrogen (secondary N) is 3. The van der Waals surface area contributed by atoms with Crippen LogP contribution in [0.25, 0.3) is 55.0 Å². The third-order valence-electron chi connectivity index (χ3n) is 15.7. The van der Waals surface area contributed by atoms with E-state index in [1.165, 1.54) is 66.7 Å². The standard InChI is InChI=1S/C61H52N4O17S4/c1-28-32(5)56(64-83(72,73)50-25-44(60(68)69)58(66)39-17-11-9-15-37(39)50)33(6)29(2)54(28)62-36-21-22-41-47(23-36)82-48-27-46(52(86(79,80)81)24-43(48)53(41)42-19-13-14-20-49(42)85(76,77)78)63-55-30(3)34(7)57(35(8)31(55)4)65-84(74,75)51-26-45(61(70)71)59(67)40-18-12-10-16-38(40)51/h9-27,62,64-67H,1-8H3,(H,68,69)(H,70,71)(H,76,77,78)(H,79,80,81). The fraction of sp³-hybridized carbons (Fsp3) is 0.131. The van der Waals surface area contributed by atoms with E-state index in [9.17, 15) is 72.8 Å². The predicted octanol–water partition coefficient (Wildman–Crippen LogP) is 11.9. The monoisotopic (exact) mass is 1240 g/mol. The van der Waals surface area contributed by atoms with Gasteiger partial charge in [0.15, 0.2) is 0 Å². The molecule has 0 fully saturated rings. The molecule has 442 valence electrons. The van der Waals surface area contributed by atoms with E-state index in [-0.39, 0.29) is 82.3 Å². The number of sulfonamides is 2. The topological polar surface area (TPSA) is 354 Å². The van der Waals surface area contributed by atoms with E-state index < -0.39 is 89.5 Å². The molecule has 0 spiro atoms. The zero-order valence-corrected chi connectivity index (χ0v) is 50.0. The number of hydrogen-bond donors (Lipinski definition) is 9. The first-order chi connectivity index (χ1) is 40.2. The molecule has 0 radical (unpaired) electrons. The van der Waals surface area contributed by atoms with E-state index in [0.29, 0.717) is 55.9 Å². The van der Waals surface area contributed by atoms with Gasteiger partial charge in [0.05, 0.1) is 32.2 Å². The second-order valence-corrected chi connectivity index (χ2v) is 26.7. The first-order valence-electron chi connectivity index (χ1n) is 25.9. The van der Waals surface area contributed by atoms with Crippen molar-refractivity contribution in [1.29, 1.82) is 0 Å². The molecule has 0 amide bonds. The van der Waals surface area contributed by atoms with Gasteiger partial charge >= 0.3 is 11.9 Å². The van der Waals surface area contributed by atoms with Crippen LogP contribution in [0.4, 0.5) is 28.4 Å². The van der Waals surface area contributed by atoms with Crippen LogP contribution >= 0.6 is 0 Å². The van der Waals surface area contributed by atoms with Crippen LogP contribution in [0.3, 0.4) is 0 Å². The highest BCUT2D eigenvalue weighted by Crippen LogP contribution is 2.46. The normalized spacial score (nSPS) is 12.6. The average molecular weight is 1240 g/mol. The van der Waals surface area contributed by atoms with Gasteiger partial charge in [-0.3, -0.25) is 18.5 Å². The number of rotatable bonds is 14. The number of hydrogen-bond acceptors (Lipinski definition) is 15. The third-order valence-corrected chi connectivity index (χ3v) is 20.3. The number of carboxylic acid groups (broad SMARTS) is 2. The van der Waals surface area contributed by atoms with Crippen LogP contribution < -0.4 is 20.1 Å². The smallest absolute Gasteiger partial charge is 0.339 e. The minimum Gasteiger partial charge on any atom is -0.506 e. The van der Waals surface area contributed by atoms with Gasteiger partial charge in [-0.25, -0.2) is 31.4 Å². The fourth-order valence-corrected chi connectivity index (χ4v) is 15.0. The summed E-state index contributed by atoms with van der Waals surface area (Å²) >= 11 is 0. The molecule has 0 saturated carbocycles. The Balaban J connectivity index is 1.12. The summed E-state index contributed by atoms with van der Waals surface area (Å²) in [5.74, 6) is -4.41.